The highest BCUT2D eigenvalue weighted by molar-refractivity contribution is 5.80. The number of fused-ring (bicyclic) bond motifs is 2. The summed E-state index contributed by atoms with van der Waals surface area (Å²) in [7, 11) is 0. The summed E-state index contributed by atoms with van der Waals surface area (Å²) in [6, 6.07) is 14.3. The Morgan fingerprint density at radius 1 is 1.07 bits per heavy atom. The number of hydrogen-bond acceptors (Lipinski definition) is 6. The lowest BCUT2D eigenvalue weighted by Crippen LogP contribution is -2.34. The van der Waals surface area contributed by atoms with Gasteiger partial charge in [0.15, 0.2) is 12.0 Å². The lowest BCUT2D eigenvalue weighted by atomic mass is 9.95. The van der Waals surface area contributed by atoms with Gasteiger partial charge in [-0.05, 0) is 30.5 Å². The molecule has 7 nitrogen and oxygen atoms in total. The molecule has 30 heavy (non-hydrogen) atoms. The van der Waals surface area contributed by atoms with Crippen molar-refractivity contribution in [2.24, 2.45) is 0 Å². The van der Waals surface area contributed by atoms with Gasteiger partial charge < -0.3 is 29.4 Å². The first-order valence-electron chi connectivity index (χ1n) is 10.4. The molecule has 2 aliphatic heterocycles. The van der Waals surface area contributed by atoms with E-state index in [9.17, 15) is 10.2 Å². The summed E-state index contributed by atoms with van der Waals surface area (Å²) in [5, 5.41) is 20.5. The first-order valence-corrected chi connectivity index (χ1v) is 10.4. The van der Waals surface area contributed by atoms with E-state index in [0.717, 1.165) is 35.1 Å². The molecule has 1 saturated carbocycles. The van der Waals surface area contributed by atoms with E-state index in [4.69, 9.17) is 19.2 Å². The van der Waals surface area contributed by atoms with Gasteiger partial charge in [0, 0.05) is 22.4 Å². The van der Waals surface area contributed by atoms with Crippen molar-refractivity contribution < 1.29 is 24.4 Å². The van der Waals surface area contributed by atoms with Gasteiger partial charge in [-0.2, -0.15) is 0 Å². The molecule has 3 fully saturated rings. The van der Waals surface area contributed by atoms with Gasteiger partial charge in [-0.15, -0.1) is 0 Å². The molecule has 2 saturated heterocycles. The van der Waals surface area contributed by atoms with Crippen LogP contribution in [0, 0.1) is 0 Å². The van der Waals surface area contributed by atoms with Crippen LogP contribution in [0.4, 0.5) is 0 Å². The van der Waals surface area contributed by atoms with Crippen LogP contribution in [-0.2, 0) is 14.9 Å². The lowest BCUT2D eigenvalue weighted by Gasteiger charge is -2.16. The number of nitrogens with zero attached hydrogens (tertiary/aromatic N) is 1. The molecule has 0 radical (unpaired) electrons. The molecule has 4 heterocycles. The molecule has 2 unspecified atom stereocenters. The normalized spacial score (nSPS) is 29.3. The smallest absolute Gasteiger partial charge is 0.193 e. The zero-order valence-electron chi connectivity index (χ0n) is 16.5. The molecule has 0 bridgehead atoms. The second kappa shape index (κ2) is 6.78. The van der Waals surface area contributed by atoms with E-state index in [1.54, 1.807) is 0 Å². The summed E-state index contributed by atoms with van der Waals surface area (Å²) in [6.45, 7) is 0.882. The Kier molecular flexibility index (Phi) is 4.14. The van der Waals surface area contributed by atoms with E-state index in [2.05, 4.69) is 29.2 Å². The fourth-order valence-corrected chi connectivity index (χ4v) is 4.60. The Morgan fingerprint density at radius 2 is 1.87 bits per heavy atom. The first kappa shape index (κ1) is 18.3. The van der Waals surface area contributed by atoms with Crippen molar-refractivity contribution in [3.8, 4) is 17.1 Å². The molecule has 1 aromatic carbocycles. The summed E-state index contributed by atoms with van der Waals surface area (Å²) >= 11 is 0. The van der Waals surface area contributed by atoms with Crippen molar-refractivity contribution in [3.05, 3.63) is 48.0 Å². The number of nitrogens with one attached hydrogen (secondary N) is 1. The van der Waals surface area contributed by atoms with Crippen molar-refractivity contribution in [2.45, 2.75) is 42.7 Å². The molecule has 2 aromatic heterocycles. The Labute approximate surface area is 173 Å². The number of rotatable bonds is 5. The number of aliphatic hydroxyl groups excluding tert-OH is 2. The molecule has 1 aliphatic carbocycles. The maximum absolute atomic E-state index is 9.88. The van der Waals surface area contributed by atoms with Gasteiger partial charge in [0.1, 0.15) is 24.0 Å². The summed E-state index contributed by atoms with van der Waals surface area (Å²) < 4.78 is 17.3. The van der Waals surface area contributed by atoms with E-state index in [-0.39, 0.29) is 36.9 Å². The third-order valence-electron chi connectivity index (χ3n) is 6.66. The number of aromatic nitrogens is 2. The van der Waals surface area contributed by atoms with Crippen LogP contribution < -0.4 is 4.74 Å². The number of ether oxygens (including phenoxy) is 3. The number of pyridine rings is 1. The number of hydrogen-bond donors (Lipinski definition) is 3. The number of aromatic amines is 1. The van der Waals surface area contributed by atoms with Gasteiger partial charge in [-0.1, -0.05) is 24.3 Å². The van der Waals surface area contributed by atoms with Gasteiger partial charge >= 0.3 is 0 Å². The minimum Gasteiger partial charge on any atom is -0.470 e. The van der Waals surface area contributed by atoms with Crippen molar-refractivity contribution in [3.63, 3.8) is 0 Å². The molecular weight excluding hydrogens is 384 g/mol. The van der Waals surface area contributed by atoms with Crippen LogP contribution in [0.5, 0.6) is 5.88 Å². The molecule has 0 amide bonds. The Hall–Kier alpha value is -2.45. The van der Waals surface area contributed by atoms with Crippen LogP contribution in [0.2, 0.25) is 0 Å². The number of H-pyrrole nitrogens is 1. The fraction of sp³-hybridized carbons (Fsp3) is 0.435. The highest BCUT2D eigenvalue weighted by Crippen LogP contribution is 2.47. The minimum atomic E-state index is -0.589. The van der Waals surface area contributed by atoms with Crippen LogP contribution in [0.3, 0.4) is 0 Å². The molecule has 7 heteroatoms. The van der Waals surface area contributed by atoms with Gasteiger partial charge in [0.25, 0.3) is 0 Å². The molecule has 6 rings (SSSR count). The van der Waals surface area contributed by atoms with Crippen molar-refractivity contribution in [1.82, 2.24) is 9.97 Å². The molecule has 3 N–H and O–H groups in total. The average Bonchev–Trinajstić information content (AvgIpc) is 3.10. The summed E-state index contributed by atoms with van der Waals surface area (Å²) in [4.78, 5) is 8.00. The van der Waals surface area contributed by atoms with Crippen LogP contribution in [0.25, 0.3) is 22.3 Å². The van der Waals surface area contributed by atoms with Crippen LogP contribution in [0.15, 0.2) is 42.5 Å². The van der Waals surface area contributed by atoms with Crippen LogP contribution in [0.1, 0.15) is 18.4 Å². The SMILES string of the molecule is OCC1(c2ccc(-c3ccc4cc(O[C@@H]5COC6C5OC[C@H]6O)[nH]c4n3)cc2)CC1. The first-order chi connectivity index (χ1) is 14.6. The van der Waals surface area contributed by atoms with Crippen molar-refractivity contribution in [1.29, 1.82) is 0 Å². The fourth-order valence-electron chi connectivity index (χ4n) is 4.60. The van der Waals surface area contributed by atoms with E-state index in [1.807, 2.05) is 18.2 Å². The largest absolute Gasteiger partial charge is 0.470 e. The summed E-state index contributed by atoms with van der Waals surface area (Å²) in [5.74, 6) is 0.614. The number of aliphatic hydroxyl groups is 2. The summed E-state index contributed by atoms with van der Waals surface area (Å²) in [5.41, 5.74) is 3.84. The van der Waals surface area contributed by atoms with Crippen molar-refractivity contribution >= 4 is 11.0 Å². The van der Waals surface area contributed by atoms with Crippen LogP contribution >= 0.6 is 0 Å². The highest BCUT2D eigenvalue weighted by atomic mass is 16.6. The third kappa shape index (κ3) is 2.93. The molecule has 4 atom stereocenters. The monoisotopic (exact) mass is 408 g/mol. The van der Waals surface area contributed by atoms with E-state index < -0.39 is 6.10 Å². The molecule has 0 spiro atoms. The molecule has 3 aromatic rings. The third-order valence-corrected chi connectivity index (χ3v) is 6.66. The minimum absolute atomic E-state index is 0.0242. The Bertz CT molecular complexity index is 1070. The zero-order valence-corrected chi connectivity index (χ0v) is 16.5. The Morgan fingerprint density at radius 3 is 2.63 bits per heavy atom. The molecular formula is C23H24N2O5. The van der Waals surface area contributed by atoms with Crippen molar-refractivity contribution in [2.75, 3.05) is 19.8 Å². The highest BCUT2D eigenvalue weighted by Gasteiger charge is 2.48. The maximum Gasteiger partial charge on any atom is 0.193 e. The van der Waals surface area contributed by atoms with E-state index >= 15 is 0 Å². The van der Waals surface area contributed by atoms with Crippen LogP contribution in [-0.4, -0.2) is 64.4 Å². The predicted octanol–water partition coefficient (Wildman–Crippen LogP) is 2.16. The standard InChI is InChI=1S/C23H24N2O5/c26-12-23(7-8-23)15-4-1-13(2-5-15)16-6-3-14-9-19(25-22(14)24-16)30-18-11-29-20-17(27)10-28-21(18)20/h1-6,9,17-18,20-21,26-27H,7-8,10-12H2,(H,24,25)/t17-,18-,20?,21?/m1/s1. The van der Waals surface area contributed by atoms with Gasteiger partial charge in [-0.25, -0.2) is 4.98 Å². The maximum atomic E-state index is 9.88. The van der Waals surface area contributed by atoms with Gasteiger partial charge in [0.2, 0.25) is 0 Å². The Balaban J connectivity index is 1.22. The van der Waals surface area contributed by atoms with E-state index in [1.165, 1.54) is 5.56 Å². The quantitative estimate of drug-likeness (QED) is 0.599. The number of benzene rings is 1. The molecule has 3 aliphatic rings. The second-order valence-corrected chi connectivity index (χ2v) is 8.60. The van der Waals surface area contributed by atoms with E-state index in [0.29, 0.717) is 12.5 Å². The van der Waals surface area contributed by atoms with Gasteiger partial charge in [-0.3, -0.25) is 0 Å². The average molecular weight is 408 g/mol. The summed E-state index contributed by atoms with van der Waals surface area (Å²) in [6.07, 6.45) is 0.698. The zero-order chi connectivity index (χ0) is 20.3. The predicted molar refractivity (Wildman–Crippen MR) is 109 cm³/mol. The second-order valence-electron chi connectivity index (χ2n) is 8.60. The lowest BCUT2D eigenvalue weighted by molar-refractivity contribution is 0.00794. The molecule has 156 valence electrons. The van der Waals surface area contributed by atoms with Gasteiger partial charge in [0.05, 0.1) is 25.5 Å². The topological polar surface area (TPSA) is 96.8 Å².